The Kier molecular flexibility index (Phi) is 6.73. The Hall–Kier alpha value is -1.33. The summed E-state index contributed by atoms with van der Waals surface area (Å²) in [6.45, 7) is 6.95. The molecule has 2 aliphatic heterocycles. The summed E-state index contributed by atoms with van der Waals surface area (Å²) >= 11 is 0. The average Bonchev–Trinajstić information content (AvgIpc) is 2.62. The molecule has 0 N–H and O–H groups in total. The van der Waals surface area contributed by atoms with Gasteiger partial charge in [-0.15, -0.1) is 0 Å². The van der Waals surface area contributed by atoms with Gasteiger partial charge in [-0.25, -0.2) is 0 Å². The summed E-state index contributed by atoms with van der Waals surface area (Å²) in [5.74, 6) is 1.08. The van der Waals surface area contributed by atoms with Crippen molar-refractivity contribution in [1.29, 1.82) is 0 Å². The van der Waals surface area contributed by atoms with Crippen molar-refractivity contribution in [3.63, 3.8) is 0 Å². The van der Waals surface area contributed by atoms with E-state index >= 15 is 0 Å². The Balaban J connectivity index is 1.41. The van der Waals surface area contributed by atoms with Gasteiger partial charge in [0, 0.05) is 12.6 Å². The van der Waals surface area contributed by atoms with E-state index in [2.05, 4.69) is 9.80 Å². The van der Waals surface area contributed by atoms with Gasteiger partial charge in [0.1, 0.15) is 12.0 Å². The highest BCUT2D eigenvalue weighted by atomic mass is 16.5. The van der Waals surface area contributed by atoms with Crippen molar-refractivity contribution in [2.24, 2.45) is 0 Å². The van der Waals surface area contributed by atoms with Crippen molar-refractivity contribution < 1.29 is 9.15 Å². The van der Waals surface area contributed by atoms with E-state index in [0.717, 1.165) is 38.4 Å². The number of hydrogen-bond donors (Lipinski definition) is 0. The Morgan fingerprint density at radius 2 is 1.62 bits per heavy atom. The van der Waals surface area contributed by atoms with Crippen LogP contribution in [0.3, 0.4) is 0 Å². The third-order valence-electron chi connectivity index (χ3n) is 5.01. The summed E-state index contributed by atoms with van der Waals surface area (Å²) < 4.78 is 11.2. The quantitative estimate of drug-likeness (QED) is 0.718. The minimum Gasteiger partial charge on any atom is -0.487 e. The predicted octanol–water partition coefficient (Wildman–Crippen LogP) is 2.88. The van der Waals surface area contributed by atoms with Crippen LogP contribution in [-0.2, 0) is 6.54 Å². The smallest absolute Gasteiger partial charge is 0.227 e. The molecule has 0 radical (unpaired) electrons. The highest BCUT2D eigenvalue weighted by Crippen LogP contribution is 2.14. The zero-order valence-electron chi connectivity index (χ0n) is 14.7. The molecule has 0 spiro atoms. The summed E-state index contributed by atoms with van der Waals surface area (Å²) in [7, 11) is 0. The number of likely N-dealkylation sites (tertiary alicyclic amines) is 2. The SMILES string of the molecule is O=c1cc(CN2CCCCC2)occ1OCCCN1CCCCC1. The molecule has 2 saturated heterocycles. The van der Waals surface area contributed by atoms with Crippen molar-refractivity contribution >= 4 is 0 Å². The van der Waals surface area contributed by atoms with Crippen LogP contribution in [0.2, 0.25) is 0 Å². The van der Waals surface area contributed by atoms with E-state index in [-0.39, 0.29) is 5.43 Å². The van der Waals surface area contributed by atoms with Crippen LogP contribution in [0.5, 0.6) is 5.75 Å². The van der Waals surface area contributed by atoms with E-state index in [0.29, 0.717) is 12.4 Å². The Morgan fingerprint density at radius 3 is 2.29 bits per heavy atom. The van der Waals surface area contributed by atoms with Crippen LogP contribution in [0.1, 0.15) is 50.7 Å². The lowest BCUT2D eigenvalue weighted by molar-refractivity contribution is 0.196. The molecule has 1 aromatic rings. The average molecular weight is 334 g/mol. The molecule has 0 bridgehead atoms. The van der Waals surface area contributed by atoms with E-state index < -0.39 is 0 Å². The lowest BCUT2D eigenvalue weighted by atomic mass is 10.1. The molecule has 0 amide bonds. The molecule has 3 heterocycles. The van der Waals surface area contributed by atoms with E-state index in [4.69, 9.17) is 9.15 Å². The van der Waals surface area contributed by atoms with Crippen molar-refractivity contribution in [1.82, 2.24) is 9.80 Å². The van der Waals surface area contributed by atoms with Gasteiger partial charge in [0.05, 0.1) is 13.2 Å². The van der Waals surface area contributed by atoms with Gasteiger partial charge in [0.15, 0.2) is 0 Å². The first-order chi connectivity index (χ1) is 11.8. The van der Waals surface area contributed by atoms with E-state index in [1.807, 2.05) is 0 Å². The monoisotopic (exact) mass is 334 g/mol. The molecule has 2 fully saturated rings. The number of piperidine rings is 2. The zero-order valence-corrected chi connectivity index (χ0v) is 14.7. The summed E-state index contributed by atoms with van der Waals surface area (Å²) in [5, 5.41) is 0. The van der Waals surface area contributed by atoms with Crippen LogP contribution >= 0.6 is 0 Å². The van der Waals surface area contributed by atoms with Crippen LogP contribution in [0.4, 0.5) is 0 Å². The van der Waals surface area contributed by atoms with Gasteiger partial charge in [-0.05, 0) is 58.3 Å². The normalized spacial score (nSPS) is 20.2. The molecule has 0 saturated carbocycles. The molecule has 24 heavy (non-hydrogen) atoms. The molecule has 134 valence electrons. The van der Waals surface area contributed by atoms with E-state index in [1.165, 1.54) is 57.9 Å². The van der Waals surface area contributed by atoms with Crippen LogP contribution in [-0.4, -0.2) is 49.1 Å². The minimum absolute atomic E-state index is 0.0637. The summed E-state index contributed by atoms with van der Waals surface area (Å²) in [4.78, 5) is 17.0. The highest BCUT2D eigenvalue weighted by Gasteiger charge is 2.13. The van der Waals surface area contributed by atoms with E-state index in [1.54, 1.807) is 6.07 Å². The first kappa shape index (κ1) is 17.5. The third-order valence-corrected chi connectivity index (χ3v) is 5.01. The van der Waals surface area contributed by atoms with Crippen molar-refractivity contribution in [3.8, 4) is 5.75 Å². The van der Waals surface area contributed by atoms with Gasteiger partial charge in [0.2, 0.25) is 11.2 Å². The van der Waals surface area contributed by atoms with Gasteiger partial charge >= 0.3 is 0 Å². The van der Waals surface area contributed by atoms with Gasteiger partial charge in [0.25, 0.3) is 0 Å². The van der Waals surface area contributed by atoms with Crippen LogP contribution in [0.25, 0.3) is 0 Å². The predicted molar refractivity (Wildman–Crippen MR) is 94.5 cm³/mol. The Bertz CT molecular complexity index is 546. The third kappa shape index (κ3) is 5.35. The number of nitrogens with zero attached hydrogens (tertiary/aromatic N) is 2. The summed E-state index contributed by atoms with van der Waals surface area (Å²) in [6, 6.07) is 1.59. The minimum atomic E-state index is -0.0637. The van der Waals surface area contributed by atoms with Crippen LogP contribution < -0.4 is 10.2 Å². The number of ether oxygens (including phenoxy) is 1. The van der Waals surface area contributed by atoms with Crippen molar-refractivity contribution in [2.45, 2.75) is 51.5 Å². The zero-order chi connectivity index (χ0) is 16.6. The molecule has 3 rings (SSSR count). The summed E-state index contributed by atoms with van der Waals surface area (Å²) in [6.07, 6.45) is 10.2. The van der Waals surface area contributed by atoms with Crippen molar-refractivity contribution in [3.05, 3.63) is 28.3 Å². The lowest BCUT2D eigenvalue weighted by Crippen LogP contribution is -2.31. The highest BCUT2D eigenvalue weighted by molar-refractivity contribution is 5.17. The summed E-state index contributed by atoms with van der Waals surface area (Å²) in [5.41, 5.74) is -0.0637. The fraction of sp³-hybridized carbons (Fsp3) is 0.737. The molecule has 0 unspecified atom stereocenters. The fourth-order valence-corrected chi connectivity index (χ4v) is 3.62. The van der Waals surface area contributed by atoms with Gasteiger partial charge in [-0.1, -0.05) is 12.8 Å². The standard InChI is InChI=1S/C19H30N2O3/c22-18-14-17(15-21-10-5-2-6-11-21)24-16-19(18)23-13-7-12-20-8-3-1-4-9-20/h14,16H,1-13,15H2. The molecule has 0 aliphatic carbocycles. The Labute approximate surface area is 144 Å². The topological polar surface area (TPSA) is 45.9 Å². The molecule has 5 heteroatoms. The molecule has 1 aromatic heterocycles. The number of hydrogen-bond acceptors (Lipinski definition) is 5. The fourth-order valence-electron chi connectivity index (χ4n) is 3.62. The lowest BCUT2D eigenvalue weighted by Gasteiger charge is -2.26. The largest absolute Gasteiger partial charge is 0.487 e. The molecule has 0 atom stereocenters. The van der Waals surface area contributed by atoms with Gasteiger partial charge in [-0.3, -0.25) is 9.69 Å². The van der Waals surface area contributed by atoms with Gasteiger partial charge in [-0.2, -0.15) is 0 Å². The second-order valence-electron chi connectivity index (χ2n) is 7.02. The molecular formula is C19H30N2O3. The first-order valence-electron chi connectivity index (χ1n) is 9.50. The van der Waals surface area contributed by atoms with E-state index in [9.17, 15) is 4.79 Å². The second kappa shape index (κ2) is 9.23. The van der Waals surface area contributed by atoms with Crippen molar-refractivity contribution in [2.75, 3.05) is 39.3 Å². The first-order valence-corrected chi connectivity index (χ1v) is 9.50. The van der Waals surface area contributed by atoms with Crippen LogP contribution in [0, 0.1) is 0 Å². The molecular weight excluding hydrogens is 304 g/mol. The molecule has 0 aromatic carbocycles. The maximum absolute atomic E-state index is 12.2. The Morgan fingerprint density at radius 1 is 0.958 bits per heavy atom. The number of rotatable bonds is 7. The van der Waals surface area contributed by atoms with Gasteiger partial charge < -0.3 is 14.1 Å². The maximum atomic E-state index is 12.2. The molecule has 5 nitrogen and oxygen atoms in total. The second-order valence-corrected chi connectivity index (χ2v) is 7.02. The molecule has 2 aliphatic rings. The maximum Gasteiger partial charge on any atom is 0.227 e. The van der Waals surface area contributed by atoms with Crippen LogP contribution in [0.15, 0.2) is 21.5 Å².